The van der Waals surface area contributed by atoms with Crippen LogP contribution in [0.25, 0.3) is 0 Å². The molecule has 1 aromatic rings. The van der Waals surface area contributed by atoms with Gasteiger partial charge in [-0.1, -0.05) is 37.3 Å². The number of nitrogens with zero attached hydrogens (tertiary/aromatic N) is 1. The van der Waals surface area contributed by atoms with Crippen molar-refractivity contribution < 1.29 is 4.79 Å². The van der Waals surface area contributed by atoms with E-state index in [1.807, 2.05) is 44.3 Å². The molecule has 2 N–H and O–H groups in total. The normalized spacial score (nSPS) is 14.0. The maximum atomic E-state index is 12.4. The number of rotatable bonds is 6. The van der Waals surface area contributed by atoms with Crippen molar-refractivity contribution in [3.05, 3.63) is 35.9 Å². The van der Waals surface area contributed by atoms with Crippen LogP contribution >= 0.6 is 0 Å². The molecule has 1 rings (SSSR count). The smallest absolute Gasteiger partial charge is 0.229 e. The quantitative estimate of drug-likeness (QED) is 0.840. The van der Waals surface area contributed by atoms with E-state index in [2.05, 4.69) is 6.92 Å². The van der Waals surface area contributed by atoms with Gasteiger partial charge < -0.3 is 10.6 Å². The third-order valence-electron chi connectivity index (χ3n) is 3.20. The lowest BCUT2D eigenvalue weighted by atomic mass is 9.95. The summed E-state index contributed by atoms with van der Waals surface area (Å²) in [6, 6.07) is 10.1. The van der Waals surface area contributed by atoms with Gasteiger partial charge in [-0.15, -0.1) is 0 Å². The van der Waals surface area contributed by atoms with Crippen molar-refractivity contribution in [3.63, 3.8) is 0 Å². The number of benzene rings is 1. The van der Waals surface area contributed by atoms with Gasteiger partial charge in [-0.3, -0.25) is 4.79 Å². The highest BCUT2D eigenvalue weighted by atomic mass is 16.2. The van der Waals surface area contributed by atoms with Gasteiger partial charge in [0.25, 0.3) is 0 Å². The van der Waals surface area contributed by atoms with E-state index in [0.717, 1.165) is 24.9 Å². The van der Waals surface area contributed by atoms with Gasteiger partial charge in [0.2, 0.25) is 5.91 Å². The van der Waals surface area contributed by atoms with Gasteiger partial charge in [0.1, 0.15) is 0 Å². The zero-order chi connectivity index (χ0) is 13.5. The fourth-order valence-corrected chi connectivity index (χ4v) is 2.01. The molecule has 2 unspecified atom stereocenters. The van der Waals surface area contributed by atoms with Crippen molar-refractivity contribution in [1.29, 1.82) is 0 Å². The summed E-state index contributed by atoms with van der Waals surface area (Å²) in [6.45, 7) is 4.74. The Bertz CT molecular complexity index is 362. The van der Waals surface area contributed by atoms with Gasteiger partial charge >= 0.3 is 0 Å². The molecule has 0 spiro atoms. The van der Waals surface area contributed by atoms with Crippen molar-refractivity contribution in [2.24, 2.45) is 5.73 Å². The van der Waals surface area contributed by atoms with Gasteiger partial charge in [0.15, 0.2) is 0 Å². The van der Waals surface area contributed by atoms with Crippen LogP contribution in [0.2, 0.25) is 0 Å². The molecule has 0 saturated carbocycles. The van der Waals surface area contributed by atoms with E-state index in [9.17, 15) is 4.79 Å². The molecule has 1 amide bonds. The topological polar surface area (TPSA) is 46.3 Å². The second-order valence-corrected chi connectivity index (χ2v) is 4.90. The fraction of sp³-hybridized carbons (Fsp3) is 0.533. The minimum atomic E-state index is -0.0377. The number of carbonyl (C=O) groups excluding carboxylic acids is 1. The Hall–Kier alpha value is -1.35. The predicted molar refractivity (Wildman–Crippen MR) is 75.4 cm³/mol. The number of hydrogen-bond acceptors (Lipinski definition) is 2. The summed E-state index contributed by atoms with van der Waals surface area (Å²) in [5.41, 5.74) is 6.82. The molecular formula is C15H24N2O. The lowest BCUT2D eigenvalue weighted by Gasteiger charge is -2.24. The van der Waals surface area contributed by atoms with Crippen molar-refractivity contribution in [2.75, 3.05) is 13.6 Å². The van der Waals surface area contributed by atoms with E-state index >= 15 is 0 Å². The summed E-state index contributed by atoms with van der Waals surface area (Å²) >= 11 is 0. The molecule has 0 aliphatic rings. The van der Waals surface area contributed by atoms with E-state index in [1.54, 1.807) is 4.90 Å². The minimum Gasteiger partial charge on any atom is -0.345 e. The Labute approximate surface area is 110 Å². The largest absolute Gasteiger partial charge is 0.345 e. The van der Waals surface area contributed by atoms with Crippen LogP contribution in [-0.4, -0.2) is 30.4 Å². The number of carbonyl (C=O) groups is 1. The molecule has 0 aliphatic carbocycles. The molecular weight excluding hydrogens is 224 g/mol. The van der Waals surface area contributed by atoms with E-state index in [4.69, 9.17) is 5.73 Å². The van der Waals surface area contributed by atoms with Crippen molar-refractivity contribution in [3.8, 4) is 0 Å². The molecule has 100 valence electrons. The van der Waals surface area contributed by atoms with E-state index in [0.29, 0.717) is 0 Å². The second-order valence-electron chi connectivity index (χ2n) is 4.90. The predicted octanol–water partition coefficient (Wildman–Crippen LogP) is 2.38. The number of likely N-dealkylation sites (N-methyl/N-ethyl adjacent to an activating group) is 1. The molecule has 0 radical (unpaired) electrons. The second kappa shape index (κ2) is 7.17. The molecule has 0 fully saturated rings. The summed E-state index contributed by atoms with van der Waals surface area (Å²) in [6.07, 6.45) is 1.67. The number of amides is 1. The standard InChI is InChI=1S/C15H24N2O/c1-4-14(13-8-6-5-7-9-13)15(18)17(3)11-10-12(2)16/h5-9,12,14H,4,10-11,16H2,1-3H3. The SMILES string of the molecule is CCC(C(=O)N(C)CCC(C)N)c1ccccc1. The van der Waals surface area contributed by atoms with Gasteiger partial charge in [-0.25, -0.2) is 0 Å². The highest BCUT2D eigenvalue weighted by molar-refractivity contribution is 5.83. The maximum Gasteiger partial charge on any atom is 0.229 e. The molecule has 3 heteroatoms. The summed E-state index contributed by atoms with van der Waals surface area (Å²) in [7, 11) is 1.86. The van der Waals surface area contributed by atoms with Crippen LogP contribution < -0.4 is 5.73 Å². The third kappa shape index (κ3) is 4.15. The van der Waals surface area contributed by atoms with Crippen LogP contribution in [0.1, 0.15) is 38.2 Å². The highest BCUT2D eigenvalue weighted by Gasteiger charge is 2.21. The molecule has 1 aromatic carbocycles. The average molecular weight is 248 g/mol. The first-order valence-corrected chi connectivity index (χ1v) is 6.61. The monoisotopic (exact) mass is 248 g/mol. The summed E-state index contributed by atoms with van der Waals surface area (Å²) in [5, 5.41) is 0. The number of hydrogen-bond donors (Lipinski definition) is 1. The molecule has 0 aliphatic heterocycles. The first kappa shape index (κ1) is 14.7. The van der Waals surface area contributed by atoms with E-state index in [1.165, 1.54) is 0 Å². The van der Waals surface area contributed by atoms with Gasteiger partial charge in [0.05, 0.1) is 5.92 Å². The zero-order valence-electron chi connectivity index (χ0n) is 11.6. The Morgan fingerprint density at radius 2 is 1.94 bits per heavy atom. The molecule has 0 bridgehead atoms. The Kier molecular flexibility index (Phi) is 5.86. The highest BCUT2D eigenvalue weighted by Crippen LogP contribution is 2.21. The van der Waals surface area contributed by atoms with Gasteiger partial charge in [-0.05, 0) is 25.3 Å². The fourth-order valence-electron chi connectivity index (χ4n) is 2.01. The van der Waals surface area contributed by atoms with Gasteiger partial charge in [0, 0.05) is 19.6 Å². The van der Waals surface area contributed by atoms with Crippen molar-refractivity contribution in [1.82, 2.24) is 4.90 Å². The first-order chi connectivity index (χ1) is 8.56. The van der Waals surface area contributed by atoms with Crippen LogP contribution in [0.4, 0.5) is 0 Å². The maximum absolute atomic E-state index is 12.4. The molecule has 3 nitrogen and oxygen atoms in total. The average Bonchev–Trinajstić information content (AvgIpc) is 2.38. The van der Waals surface area contributed by atoms with E-state index < -0.39 is 0 Å². The van der Waals surface area contributed by atoms with Crippen LogP contribution in [-0.2, 0) is 4.79 Å². The minimum absolute atomic E-state index is 0.0377. The third-order valence-corrected chi connectivity index (χ3v) is 3.20. The summed E-state index contributed by atoms with van der Waals surface area (Å²) < 4.78 is 0. The number of nitrogens with two attached hydrogens (primary N) is 1. The summed E-state index contributed by atoms with van der Waals surface area (Å²) in [5.74, 6) is 0.147. The van der Waals surface area contributed by atoms with Gasteiger partial charge in [-0.2, -0.15) is 0 Å². The van der Waals surface area contributed by atoms with Crippen LogP contribution in [0.3, 0.4) is 0 Å². The van der Waals surface area contributed by atoms with Crippen LogP contribution in [0.5, 0.6) is 0 Å². The zero-order valence-corrected chi connectivity index (χ0v) is 11.6. The lowest BCUT2D eigenvalue weighted by Crippen LogP contribution is -2.34. The first-order valence-electron chi connectivity index (χ1n) is 6.61. The Morgan fingerprint density at radius 1 is 1.33 bits per heavy atom. The molecule has 2 atom stereocenters. The Morgan fingerprint density at radius 3 is 2.44 bits per heavy atom. The molecule has 18 heavy (non-hydrogen) atoms. The van der Waals surface area contributed by atoms with Crippen LogP contribution in [0.15, 0.2) is 30.3 Å². The van der Waals surface area contributed by atoms with Crippen molar-refractivity contribution >= 4 is 5.91 Å². The van der Waals surface area contributed by atoms with Crippen LogP contribution in [0, 0.1) is 0 Å². The van der Waals surface area contributed by atoms with Crippen molar-refractivity contribution in [2.45, 2.75) is 38.6 Å². The summed E-state index contributed by atoms with van der Waals surface area (Å²) in [4.78, 5) is 14.2. The van der Waals surface area contributed by atoms with E-state index in [-0.39, 0.29) is 17.9 Å². The molecule has 0 heterocycles. The Balaban J connectivity index is 2.68. The lowest BCUT2D eigenvalue weighted by molar-refractivity contribution is -0.131. The molecule has 0 aromatic heterocycles. The molecule has 0 saturated heterocycles.